The molecule has 0 nitrogen and oxygen atoms in total. The van der Waals surface area contributed by atoms with Crippen molar-refractivity contribution in [3.63, 3.8) is 0 Å². The summed E-state index contributed by atoms with van der Waals surface area (Å²) >= 11 is 5.46. The van der Waals surface area contributed by atoms with E-state index < -0.39 is 0 Å². The summed E-state index contributed by atoms with van der Waals surface area (Å²) in [5.41, 5.74) is 2.50. The third kappa shape index (κ3) is 2.18. The van der Waals surface area contributed by atoms with Gasteiger partial charge in [0.1, 0.15) is 0 Å². The van der Waals surface area contributed by atoms with Crippen LogP contribution in [-0.4, -0.2) is 0 Å². The van der Waals surface area contributed by atoms with E-state index in [0.717, 1.165) is 4.47 Å². The molecule has 0 N–H and O–H groups in total. The maximum absolute atomic E-state index is 3.57. The van der Waals surface area contributed by atoms with Crippen molar-refractivity contribution < 1.29 is 0 Å². The Bertz CT molecular complexity index is 1220. The lowest BCUT2D eigenvalue weighted by molar-refractivity contribution is 1.61. The molecule has 5 aromatic rings. The zero-order chi connectivity index (χ0) is 16.1. The molecule has 114 valence electrons. The average Bonchev–Trinajstić information content (AvgIpc) is 3.00. The monoisotopic (exact) mass is 388 g/mol. The second-order valence-electron chi connectivity index (χ2n) is 5.99. The van der Waals surface area contributed by atoms with Gasteiger partial charge in [0.2, 0.25) is 0 Å². The third-order valence-electron chi connectivity index (χ3n) is 4.52. The minimum Gasteiger partial charge on any atom is -0.135 e. The van der Waals surface area contributed by atoms with E-state index in [1.54, 1.807) is 0 Å². The summed E-state index contributed by atoms with van der Waals surface area (Å²) in [6.07, 6.45) is 0. The van der Waals surface area contributed by atoms with Crippen molar-refractivity contribution in [2.45, 2.75) is 0 Å². The van der Waals surface area contributed by atoms with Gasteiger partial charge in [-0.2, -0.15) is 0 Å². The Balaban J connectivity index is 1.85. The van der Waals surface area contributed by atoms with E-state index in [-0.39, 0.29) is 0 Å². The zero-order valence-electron chi connectivity index (χ0n) is 12.8. The summed E-state index contributed by atoms with van der Waals surface area (Å²) in [5, 5.41) is 5.35. The Morgan fingerprint density at radius 1 is 0.625 bits per heavy atom. The van der Waals surface area contributed by atoms with Crippen molar-refractivity contribution in [3.05, 3.63) is 83.3 Å². The van der Waals surface area contributed by atoms with Crippen LogP contribution < -0.4 is 0 Å². The fourth-order valence-corrected chi connectivity index (χ4v) is 4.98. The largest absolute Gasteiger partial charge is 0.135 e. The van der Waals surface area contributed by atoms with Crippen molar-refractivity contribution in [1.29, 1.82) is 0 Å². The molecule has 0 spiro atoms. The Hall–Kier alpha value is -2.16. The Morgan fingerprint density at radius 2 is 1.46 bits per heavy atom. The quantitative estimate of drug-likeness (QED) is 0.276. The van der Waals surface area contributed by atoms with Crippen LogP contribution in [0, 0.1) is 0 Å². The molecule has 0 amide bonds. The van der Waals surface area contributed by atoms with Gasteiger partial charge >= 0.3 is 0 Å². The van der Waals surface area contributed by atoms with Crippen LogP contribution >= 0.6 is 27.3 Å². The number of thiophene rings is 1. The molecular formula is C22H13BrS. The zero-order valence-corrected chi connectivity index (χ0v) is 15.2. The molecule has 2 heteroatoms. The van der Waals surface area contributed by atoms with E-state index >= 15 is 0 Å². The molecule has 0 fully saturated rings. The van der Waals surface area contributed by atoms with Crippen LogP contribution in [0.4, 0.5) is 0 Å². The van der Waals surface area contributed by atoms with E-state index in [9.17, 15) is 0 Å². The van der Waals surface area contributed by atoms with Crippen LogP contribution in [0.3, 0.4) is 0 Å². The highest BCUT2D eigenvalue weighted by Crippen LogP contribution is 2.39. The first-order chi connectivity index (χ1) is 11.8. The van der Waals surface area contributed by atoms with Crippen molar-refractivity contribution in [3.8, 4) is 11.1 Å². The number of benzene rings is 4. The van der Waals surface area contributed by atoms with Crippen LogP contribution in [-0.2, 0) is 0 Å². The molecule has 5 rings (SSSR count). The van der Waals surface area contributed by atoms with Crippen molar-refractivity contribution in [2.75, 3.05) is 0 Å². The predicted molar refractivity (Wildman–Crippen MR) is 110 cm³/mol. The lowest BCUT2D eigenvalue weighted by Crippen LogP contribution is -1.80. The minimum atomic E-state index is 1.11. The van der Waals surface area contributed by atoms with E-state index in [1.165, 1.54) is 42.1 Å². The van der Waals surface area contributed by atoms with Gasteiger partial charge in [-0.25, -0.2) is 0 Å². The fraction of sp³-hybridized carbons (Fsp3) is 0. The molecule has 0 bridgehead atoms. The SMILES string of the molecule is Brc1cccc(-c2ccc3ccc4c5ccccc5sc4c3c2)c1. The number of fused-ring (bicyclic) bond motifs is 5. The van der Waals surface area contributed by atoms with Crippen LogP contribution in [0.25, 0.3) is 42.1 Å². The minimum absolute atomic E-state index is 1.11. The molecule has 0 saturated heterocycles. The second-order valence-corrected chi connectivity index (χ2v) is 7.95. The molecule has 1 heterocycles. The lowest BCUT2D eigenvalue weighted by Gasteiger charge is -2.06. The van der Waals surface area contributed by atoms with Gasteiger partial charge in [0.15, 0.2) is 0 Å². The van der Waals surface area contributed by atoms with Gasteiger partial charge in [-0.1, -0.05) is 70.5 Å². The molecule has 4 aromatic carbocycles. The number of hydrogen-bond donors (Lipinski definition) is 0. The molecule has 0 aliphatic heterocycles. The highest BCUT2D eigenvalue weighted by atomic mass is 79.9. The number of hydrogen-bond acceptors (Lipinski definition) is 1. The first-order valence-corrected chi connectivity index (χ1v) is 9.50. The maximum atomic E-state index is 3.57. The third-order valence-corrected chi connectivity index (χ3v) is 6.23. The van der Waals surface area contributed by atoms with Crippen LogP contribution in [0.15, 0.2) is 83.3 Å². The molecule has 0 aliphatic carbocycles. The van der Waals surface area contributed by atoms with E-state index in [1.807, 2.05) is 11.3 Å². The molecule has 24 heavy (non-hydrogen) atoms. The predicted octanol–water partition coefficient (Wildman–Crippen LogP) is 7.64. The summed E-state index contributed by atoms with van der Waals surface area (Å²) < 4.78 is 3.85. The summed E-state index contributed by atoms with van der Waals surface area (Å²) in [5.74, 6) is 0. The van der Waals surface area contributed by atoms with Gasteiger partial charge in [-0.05, 0) is 40.8 Å². The van der Waals surface area contributed by atoms with Gasteiger partial charge in [0, 0.05) is 30.0 Å². The van der Waals surface area contributed by atoms with Crippen molar-refractivity contribution in [2.24, 2.45) is 0 Å². The number of rotatable bonds is 1. The van der Waals surface area contributed by atoms with Gasteiger partial charge in [0.25, 0.3) is 0 Å². The van der Waals surface area contributed by atoms with Crippen LogP contribution in [0.5, 0.6) is 0 Å². The van der Waals surface area contributed by atoms with Crippen LogP contribution in [0.1, 0.15) is 0 Å². The van der Waals surface area contributed by atoms with Crippen molar-refractivity contribution >= 4 is 58.2 Å². The molecule has 0 atom stereocenters. The highest BCUT2D eigenvalue weighted by molar-refractivity contribution is 9.10. The van der Waals surface area contributed by atoms with E-state index in [0.29, 0.717) is 0 Å². The van der Waals surface area contributed by atoms with Gasteiger partial charge in [-0.15, -0.1) is 11.3 Å². The first kappa shape index (κ1) is 14.2. The Morgan fingerprint density at radius 3 is 2.38 bits per heavy atom. The number of halogens is 1. The average molecular weight is 389 g/mol. The summed E-state index contributed by atoms with van der Waals surface area (Å²) in [6.45, 7) is 0. The lowest BCUT2D eigenvalue weighted by atomic mass is 10.00. The topological polar surface area (TPSA) is 0 Å². The van der Waals surface area contributed by atoms with Crippen molar-refractivity contribution in [1.82, 2.24) is 0 Å². The fourth-order valence-electron chi connectivity index (χ4n) is 3.35. The Kier molecular flexibility index (Phi) is 3.22. The molecular weight excluding hydrogens is 376 g/mol. The molecule has 1 aromatic heterocycles. The molecule has 0 aliphatic rings. The second kappa shape index (κ2) is 5.44. The van der Waals surface area contributed by atoms with Gasteiger partial charge < -0.3 is 0 Å². The van der Waals surface area contributed by atoms with Gasteiger partial charge in [0.05, 0.1) is 0 Å². The van der Waals surface area contributed by atoms with Crippen LogP contribution in [0.2, 0.25) is 0 Å². The molecule has 0 saturated carbocycles. The van der Waals surface area contributed by atoms with E-state index in [4.69, 9.17) is 0 Å². The first-order valence-electron chi connectivity index (χ1n) is 7.89. The standard InChI is InChI=1S/C22H13BrS/c23-17-5-3-4-15(12-17)16-9-8-14-10-11-19-18-6-1-2-7-21(18)24-22(19)20(14)13-16/h1-13H. The van der Waals surface area contributed by atoms with Gasteiger partial charge in [-0.3, -0.25) is 0 Å². The summed E-state index contributed by atoms with van der Waals surface area (Å²) in [7, 11) is 0. The van der Waals surface area contributed by atoms with E-state index in [2.05, 4.69) is 94.8 Å². The maximum Gasteiger partial charge on any atom is 0.0434 e. The smallest absolute Gasteiger partial charge is 0.0434 e. The molecule has 0 radical (unpaired) electrons. The normalized spacial score (nSPS) is 11.5. The molecule has 0 unspecified atom stereocenters. The highest BCUT2D eigenvalue weighted by Gasteiger charge is 2.09. The summed E-state index contributed by atoms with van der Waals surface area (Å²) in [4.78, 5) is 0. The summed E-state index contributed by atoms with van der Waals surface area (Å²) in [6, 6.07) is 28.4. The Labute approximate surface area is 152 Å².